The zero-order valence-electron chi connectivity index (χ0n) is 16.3. The van der Waals surface area contributed by atoms with E-state index in [1.165, 1.54) is 5.56 Å². The normalized spacial score (nSPS) is 17.4. The molecule has 0 atom stereocenters. The molecule has 142 valence electrons. The van der Waals surface area contributed by atoms with Crippen molar-refractivity contribution in [1.29, 1.82) is 0 Å². The summed E-state index contributed by atoms with van der Waals surface area (Å²) >= 11 is 0. The molecule has 0 bridgehead atoms. The first-order valence-corrected chi connectivity index (χ1v) is 9.89. The first-order valence-electron chi connectivity index (χ1n) is 9.89. The number of aromatic nitrogens is 1. The van der Waals surface area contributed by atoms with E-state index < -0.39 is 0 Å². The Bertz CT molecular complexity index is 799. The monoisotopic (exact) mass is 364 g/mol. The summed E-state index contributed by atoms with van der Waals surface area (Å²) in [6, 6.07) is 15.3. The van der Waals surface area contributed by atoms with Crippen molar-refractivity contribution in [3.05, 3.63) is 59.4 Å². The lowest BCUT2D eigenvalue weighted by Gasteiger charge is -2.38. The van der Waals surface area contributed by atoms with Crippen molar-refractivity contribution in [2.45, 2.75) is 38.8 Å². The highest BCUT2D eigenvalue weighted by molar-refractivity contribution is 5.94. The molecular weight excluding hydrogens is 336 g/mol. The minimum Gasteiger partial charge on any atom is -0.324 e. The Morgan fingerprint density at radius 3 is 2.59 bits per heavy atom. The van der Waals surface area contributed by atoms with Gasteiger partial charge >= 0.3 is 6.03 Å². The number of urea groups is 1. The maximum Gasteiger partial charge on any atom is 0.324 e. The van der Waals surface area contributed by atoms with E-state index in [9.17, 15) is 4.79 Å². The second kappa shape index (κ2) is 7.69. The van der Waals surface area contributed by atoms with Gasteiger partial charge in [0.25, 0.3) is 0 Å². The highest BCUT2D eigenvalue weighted by Gasteiger charge is 2.32. The van der Waals surface area contributed by atoms with Gasteiger partial charge in [0.05, 0.1) is 11.4 Å². The van der Waals surface area contributed by atoms with Gasteiger partial charge in [-0.3, -0.25) is 14.8 Å². The fourth-order valence-electron chi connectivity index (χ4n) is 4.24. The van der Waals surface area contributed by atoms with Gasteiger partial charge in [-0.1, -0.05) is 30.3 Å². The van der Waals surface area contributed by atoms with Crippen LogP contribution in [0.1, 0.15) is 29.8 Å². The average molecular weight is 364 g/mol. The Morgan fingerprint density at radius 1 is 1.11 bits per heavy atom. The largest absolute Gasteiger partial charge is 0.324 e. The van der Waals surface area contributed by atoms with Crippen LogP contribution >= 0.6 is 0 Å². The molecule has 0 spiro atoms. The number of aryl methyl sites for hydroxylation is 1. The van der Waals surface area contributed by atoms with Crippen LogP contribution in [0.5, 0.6) is 0 Å². The fraction of sp³-hybridized carbons (Fsp3) is 0.455. The number of anilines is 1. The van der Waals surface area contributed by atoms with Gasteiger partial charge in [0.2, 0.25) is 0 Å². The summed E-state index contributed by atoms with van der Waals surface area (Å²) in [5.74, 6) is 0. The maximum absolute atomic E-state index is 13.0. The molecule has 1 aromatic carbocycles. The second-order valence-corrected chi connectivity index (χ2v) is 7.72. The van der Waals surface area contributed by atoms with Crippen LogP contribution in [0.3, 0.4) is 0 Å². The number of nitrogens with zero attached hydrogens (tertiary/aromatic N) is 4. The minimum atomic E-state index is 0.142. The number of carbonyl (C=O) groups is 1. The van der Waals surface area contributed by atoms with E-state index in [0.29, 0.717) is 6.04 Å². The Balaban J connectivity index is 1.34. The van der Waals surface area contributed by atoms with Crippen molar-refractivity contribution >= 4 is 11.7 Å². The Kier molecular flexibility index (Phi) is 5.12. The number of pyridine rings is 1. The summed E-state index contributed by atoms with van der Waals surface area (Å²) in [6.07, 6.45) is 2.92. The lowest BCUT2D eigenvalue weighted by molar-refractivity contribution is 0.134. The number of benzene rings is 1. The van der Waals surface area contributed by atoms with Crippen LogP contribution in [0, 0.1) is 6.92 Å². The van der Waals surface area contributed by atoms with Crippen molar-refractivity contribution in [3.8, 4) is 0 Å². The molecule has 0 N–H and O–H groups in total. The molecule has 0 saturated carbocycles. The van der Waals surface area contributed by atoms with E-state index in [-0.39, 0.29) is 6.03 Å². The van der Waals surface area contributed by atoms with Crippen molar-refractivity contribution in [2.75, 3.05) is 31.6 Å². The predicted octanol–water partition coefficient (Wildman–Crippen LogP) is 3.47. The van der Waals surface area contributed by atoms with Crippen LogP contribution in [-0.4, -0.2) is 53.5 Å². The number of hydrogen-bond acceptors (Lipinski definition) is 3. The molecule has 2 aromatic rings. The van der Waals surface area contributed by atoms with Crippen molar-refractivity contribution in [3.63, 3.8) is 0 Å². The summed E-state index contributed by atoms with van der Waals surface area (Å²) in [5, 5.41) is 0. The van der Waals surface area contributed by atoms with E-state index in [4.69, 9.17) is 0 Å². The van der Waals surface area contributed by atoms with Gasteiger partial charge in [0.15, 0.2) is 0 Å². The standard InChI is InChI=1S/C22H28N4O/c1-17-8-9-21-20(23-17)12-15-26(21)22(27)25-13-10-19(11-14-25)24(2)16-18-6-4-3-5-7-18/h3-9,19H,10-16H2,1-2H3. The third-order valence-electron chi connectivity index (χ3n) is 5.82. The molecule has 2 aliphatic heterocycles. The van der Waals surface area contributed by atoms with Gasteiger partial charge in [-0.15, -0.1) is 0 Å². The molecule has 0 unspecified atom stereocenters. The zero-order chi connectivity index (χ0) is 18.8. The zero-order valence-corrected chi connectivity index (χ0v) is 16.3. The van der Waals surface area contributed by atoms with E-state index in [1.54, 1.807) is 0 Å². The summed E-state index contributed by atoms with van der Waals surface area (Å²) in [7, 11) is 2.19. The topological polar surface area (TPSA) is 39.7 Å². The Labute approximate surface area is 161 Å². The van der Waals surface area contributed by atoms with E-state index >= 15 is 0 Å². The molecule has 0 radical (unpaired) electrons. The third-order valence-corrected chi connectivity index (χ3v) is 5.82. The van der Waals surface area contributed by atoms with E-state index in [2.05, 4.69) is 47.3 Å². The minimum absolute atomic E-state index is 0.142. The molecule has 5 nitrogen and oxygen atoms in total. The van der Waals surface area contributed by atoms with Crippen LogP contribution < -0.4 is 4.90 Å². The van der Waals surface area contributed by atoms with Gasteiger partial charge in [-0.05, 0) is 44.5 Å². The quantitative estimate of drug-likeness (QED) is 0.837. The van der Waals surface area contributed by atoms with Gasteiger partial charge < -0.3 is 4.90 Å². The van der Waals surface area contributed by atoms with Gasteiger partial charge in [0.1, 0.15) is 0 Å². The van der Waals surface area contributed by atoms with E-state index in [0.717, 1.165) is 62.5 Å². The molecule has 1 fully saturated rings. The average Bonchev–Trinajstić information content (AvgIpc) is 3.11. The fourth-order valence-corrected chi connectivity index (χ4v) is 4.24. The summed E-state index contributed by atoms with van der Waals surface area (Å²) in [4.78, 5) is 24.0. The summed E-state index contributed by atoms with van der Waals surface area (Å²) in [5.41, 5.74) is 4.41. The number of carbonyl (C=O) groups excluding carboxylic acids is 1. The number of likely N-dealkylation sites (tertiary alicyclic amines) is 1. The third kappa shape index (κ3) is 3.83. The number of hydrogen-bond donors (Lipinski definition) is 0. The lowest BCUT2D eigenvalue weighted by atomic mass is 10.0. The van der Waals surface area contributed by atoms with Gasteiger partial charge in [-0.2, -0.15) is 0 Å². The molecule has 5 heteroatoms. The smallest absolute Gasteiger partial charge is 0.324 e. The molecule has 3 heterocycles. The highest BCUT2D eigenvalue weighted by atomic mass is 16.2. The molecule has 0 aliphatic carbocycles. The summed E-state index contributed by atoms with van der Waals surface area (Å²) < 4.78 is 0. The molecule has 2 amide bonds. The summed E-state index contributed by atoms with van der Waals surface area (Å²) in [6.45, 7) is 5.37. The van der Waals surface area contributed by atoms with Gasteiger partial charge in [-0.25, -0.2) is 4.79 Å². The molecular formula is C22H28N4O. The van der Waals surface area contributed by atoms with Crippen molar-refractivity contribution in [2.24, 2.45) is 0 Å². The van der Waals surface area contributed by atoms with Crippen molar-refractivity contribution in [1.82, 2.24) is 14.8 Å². The second-order valence-electron chi connectivity index (χ2n) is 7.72. The Morgan fingerprint density at radius 2 is 1.85 bits per heavy atom. The van der Waals surface area contributed by atoms with Crippen LogP contribution in [0.4, 0.5) is 10.5 Å². The molecule has 1 saturated heterocycles. The predicted molar refractivity (Wildman–Crippen MR) is 108 cm³/mol. The number of amides is 2. The van der Waals surface area contributed by atoms with Crippen LogP contribution in [0.15, 0.2) is 42.5 Å². The molecule has 27 heavy (non-hydrogen) atoms. The first-order chi connectivity index (χ1) is 13.1. The first kappa shape index (κ1) is 18.0. The lowest BCUT2D eigenvalue weighted by Crippen LogP contribution is -2.49. The number of piperidine rings is 1. The SMILES string of the molecule is Cc1ccc2c(n1)CCN2C(=O)N1CCC(N(C)Cc2ccccc2)CC1. The van der Waals surface area contributed by atoms with Crippen LogP contribution in [0.25, 0.3) is 0 Å². The highest BCUT2D eigenvalue weighted by Crippen LogP contribution is 2.28. The molecule has 1 aromatic heterocycles. The van der Waals surface area contributed by atoms with Gasteiger partial charge in [0, 0.05) is 44.3 Å². The van der Waals surface area contributed by atoms with E-state index in [1.807, 2.05) is 28.9 Å². The van der Waals surface area contributed by atoms with Crippen molar-refractivity contribution < 1.29 is 4.79 Å². The number of rotatable bonds is 3. The maximum atomic E-state index is 13.0. The van der Waals surface area contributed by atoms with Crippen LogP contribution in [-0.2, 0) is 13.0 Å². The van der Waals surface area contributed by atoms with Crippen LogP contribution in [0.2, 0.25) is 0 Å². The Hall–Kier alpha value is -2.40. The molecule has 2 aliphatic rings. The molecule has 4 rings (SSSR count). The number of fused-ring (bicyclic) bond motifs is 1.